The maximum atomic E-state index is 14.6. The van der Waals surface area contributed by atoms with E-state index in [1.165, 1.54) is 36.5 Å². The molecule has 2 aromatic heterocycles. The quantitative estimate of drug-likeness (QED) is 0.122. The van der Waals surface area contributed by atoms with Crippen molar-refractivity contribution < 1.29 is 28.7 Å². The molecule has 66 heavy (non-hydrogen) atoms. The van der Waals surface area contributed by atoms with Crippen LogP contribution in [0.25, 0.3) is 22.5 Å². The van der Waals surface area contributed by atoms with Gasteiger partial charge in [0.1, 0.15) is 23.7 Å². The van der Waals surface area contributed by atoms with Crippen molar-refractivity contribution >= 4 is 24.0 Å². The number of hydrogen-bond donors (Lipinski definition) is 4. The molecule has 14 nitrogen and oxygen atoms in total. The number of methoxy groups -OCH3 is 2. The van der Waals surface area contributed by atoms with Crippen molar-refractivity contribution in [2.75, 3.05) is 14.2 Å². The normalized spacial score (nSPS) is 24.6. The number of carbonyl (C=O) groups is 4. The average molecular weight is 901 g/mol. The van der Waals surface area contributed by atoms with Gasteiger partial charge in [-0.3, -0.25) is 9.59 Å². The SMILES string of the molecule is COC(=O)N[C@H](C(=O)N1C2CCCCC2C[C@H]1c1ncc(-c2cc3c(-c4cnc([C@@H]5CC6CCCCC6N5C(=O)[C@@H](NC(=O)OC)C(C)C)[nH]4)cc2CCc2ccc(cc2)CC3)[nH]1)C(C)C. The van der Waals surface area contributed by atoms with E-state index in [9.17, 15) is 19.2 Å². The Kier molecular flexibility index (Phi) is 13.3. The first kappa shape index (κ1) is 45.5. The van der Waals surface area contributed by atoms with Gasteiger partial charge in [0.25, 0.3) is 0 Å². The van der Waals surface area contributed by atoms with Gasteiger partial charge in [0, 0.05) is 23.2 Å². The van der Waals surface area contributed by atoms with Gasteiger partial charge in [-0.05, 0) is 122 Å². The molecule has 2 saturated heterocycles. The average Bonchev–Trinajstić information content (AvgIpc) is 4.15. The maximum absolute atomic E-state index is 14.6. The van der Waals surface area contributed by atoms with E-state index in [2.05, 4.69) is 57.0 Å². The van der Waals surface area contributed by atoms with E-state index in [1.54, 1.807) is 0 Å². The van der Waals surface area contributed by atoms with Crippen LogP contribution in [0.5, 0.6) is 0 Å². The second kappa shape index (κ2) is 19.3. The number of ether oxygens (including phenoxy) is 2. The summed E-state index contributed by atoms with van der Waals surface area (Å²) in [6.45, 7) is 7.83. The first-order valence-electron chi connectivity index (χ1n) is 24.6. The lowest BCUT2D eigenvalue weighted by molar-refractivity contribution is -0.139. The number of aromatic nitrogens is 4. The molecule has 2 saturated carbocycles. The lowest BCUT2D eigenvalue weighted by Crippen LogP contribution is -2.53. The zero-order valence-corrected chi connectivity index (χ0v) is 39.5. The highest BCUT2D eigenvalue weighted by atomic mass is 16.5. The minimum absolute atomic E-state index is 0.0828. The van der Waals surface area contributed by atoms with Crippen molar-refractivity contribution in [2.24, 2.45) is 23.7 Å². The molecule has 4 unspecified atom stereocenters. The molecule has 4 aromatic rings. The van der Waals surface area contributed by atoms with E-state index in [0.717, 1.165) is 124 Å². The summed E-state index contributed by atoms with van der Waals surface area (Å²) in [5.41, 5.74) is 8.94. The van der Waals surface area contributed by atoms with Crippen LogP contribution in [0.3, 0.4) is 0 Å². The zero-order chi connectivity index (χ0) is 46.2. The number of nitrogens with one attached hydrogen (secondary N) is 4. The summed E-state index contributed by atoms with van der Waals surface area (Å²) in [5.74, 6) is 1.87. The van der Waals surface area contributed by atoms with Crippen molar-refractivity contribution in [1.29, 1.82) is 0 Å². The molecular formula is C52H68N8O6. The number of benzene rings is 2. The fourth-order valence-electron chi connectivity index (χ4n) is 12.1. The van der Waals surface area contributed by atoms with Crippen LogP contribution >= 0.6 is 0 Å². The second-order valence-electron chi connectivity index (χ2n) is 20.3. The molecule has 4 N–H and O–H groups in total. The Morgan fingerprint density at radius 1 is 0.606 bits per heavy atom. The number of nitrogens with zero attached hydrogens (tertiary/aromatic N) is 4. The molecule has 352 valence electrons. The molecule has 14 heteroatoms. The van der Waals surface area contributed by atoms with Gasteiger partial charge in [-0.2, -0.15) is 0 Å². The highest BCUT2D eigenvalue weighted by Gasteiger charge is 2.50. The summed E-state index contributed by atoms with van der Waals surface area (Å²) in [4.78, 5) is 75.8. The van der Waals surface area contributed by atoms with Gasteiger partial charge in [0.2, 0.25) is 11.8 Å². The van der Waals surface area contributed by atoms with Gasteiger partial charge in [-0.1, -0.05) is 77.6 Å². The van der Waals surface area contributed by atoms with Crippen molar-refractivity contribution in [3.63, 3.8) is 0 Å². The van der Waals surface area contributed by atoms with Gasteiger partial charge >= 0.3 is 12.2 Å². The number of alkyl carbamates (subject to hydrolysis) is 2. The molecule has 4 bridgehead atoms. The molecule has 0 spiro atoms. The van der Waals surface area contributed by atoms with Crippen LogP contribution in [0.1, 0.15) is 138 Å². The molecule has 2 aromatic carbocycles. The maximum Gasteiger partial charge on any atom is 0.407 e. The van der Waals surface area contributed by atoms with Gasteiger partial charge in [-0.25, -0.2) is 19.6 Å². The van der Waals surface area contributed by atoms with Crippen LogP contribution in [-0.2, 0) is 44.7 Å². The van der Waals surface area contributed by atoms with Crippen LogP contribution < -0.4 is 10.6 Å². The number of hydrogen-bond acceptors (Lipinski definition) is 8. The largest absolute Gasteiger partial charge is 0.453 e. The van der Waals surface area contributed by atoms with E-state index in [-0.39, 0.29) is 47.8 Å². The lowest BCUT2D eigenvalue weighted by Gasteiger charge is -2.36. The third-order valence-corrected chi connectivity index (χ3v) is 15.6. The number of amides is 4. The van der Waals surface area contributed by atoms with E-state index in [4.69, 9.17) is 19.4 Å². The van der Waals surface area contributed by atoms with E-state index >= 15 is 0 Å². The summed E-state index contributed by atoms with van der Waals surface area (Å²) in [6.07, 6.45) is 16.1. The second-order valence-corrected chi connectivity index (χ2v) is 20.3. The first-order chi connectivity index (χ1) is 31.9. The monoisotopic (exact) mass is 901 g/mol. The fourth-order valence-corrected chi connectivity index (χ4v) is 12.1. The third kappa shape index (κ3) is 8.96. The molecule has 0 radical (unpaired) electrons. The molecule has 2 aliphatic heterocycles. The molecular weight excluding hydrogens is 833 g/mol. The lowest BCUT2D eigenvalue weighted by atomic mass is 9.84. The predicted octanol–water partition coefficient (Wildman–Crippen LogP) is 8.78. The topological polar surface area (TPSA) is 175 Å². The Bertz CT molecular complexity index is 2240. The van der Waals surface area contributed by atoms with Gasteiger partial charge in [0.05, 0.1) is 50.1 Å². The number of H-pyrrole nitrogens is 2. The van der Waals surface area contributed by atoms with Crippen LogP contribution in [0.2, 0.25) is 0 Å². The molecule has 4 fully saturated rings. The van der Waals surface area contributed by atoms with Crippen LogP contribution in [0, 0.1) is 23.7 Å². The molecule has 4 amide bonds. The van der Waals surface area contributed by atoms with Crippen LogP contribution in [0.4, 0.5) is 9.59 Å². The first-order valence-corrected chi connectivity index (χ1v) is 24.6. The number of fused-ring (bicyclic) bond motifs is 2. The van der Waals surface area contributed by atoms with Crippen molar-refractivity contribution in [3.05, 3.63) is 82.7 Å². The standard InChI is InChI=1S/C52H68N8O6/c1-29(2)45(57-51(63)65-5)49(61)59-41-13-9-7-11-35(41)25-43(59)47-53-27-39(55-47)37-23-34-22-20-32-17-15-31(16-18-32)19-21-33(37)24-38(34)40-28-54-48(56-40)44-26-36-12-8-10-14-42(36)60(44)50(62)46(30(3)4)58-52(64)66-6/h15-18,23-24,27-30,35-36,41-46H,7-14,19-22,25-26H2,1-6H3,(H,53,55)(H,54,56)(H,57,63)(H,58,64)/t35?,36?,41?,42?,43-,44-,45-,46-/m0/s1. The number of rotatable bonds is 10. The predicted molar refractivity (Wildman–Crippen MR) is 251 cm³/mol. The highest BCUT2D eigenvalue weighted by Crippen LogP contribution is 2.48. The van der Waals surface area contributed by atoms with Crippen molar-refractivity contribution in [3.8, 4) is 22.5 Å². The molecule has 8 atom stereocenters. The molecule has 8 aliphatic rings. The van der Waals surface area contributed by atoms with Crippen LogP contribution in [0.15, 0.2) is 48.8 Å². The summed E-state index contributed by atoms with van der Waals surface area (Å²) in [7, 11) is 2.65. The Labute approximate surface area is 388 Å². The summed E-state index contributed by atoms with van der Waals surface area (Å²) in [6, 6.07) is 11.9. The third-order valence-electron chi connectivity index (χ3n) is 15.6. The minimum atomic E-state index is -0.714. The van der Waals surface area contributed by atoms with Gasteiger partial charge in [0.15, 0.2) is 0 Å². The van der Waals surface area contributed by atoms with Crippen LogP contribution in [-0.4, -0.2) is 92.1 Å². The highest BCUT2D eigenvalue weighted by molar-refractivity contribution is 5.88. The summed E-state index contributed by atoms with van der Waals surface area (Å²) in [5, 5.41) is 5.68. The fraction of sp³-hybridized carbons (Fsp3) is 0.577. The molecule has 6 aliphatic carbocycles. The number of imidazole rings is 2. The Morgan fingerprint density at radius 2 is 1.00 bits per heavy atom. The Morgan fingerprint density at radius 3 is 1.38 bits per heavy atom. The number of likely N-dealkylation sites (tertiary alicyclic amines) is 2. The summed E-state index contributed by atoms with van der Waals surface area (Å²) < 4.78 is 9.89. The van der Waals surface area contributed by atoms with Gasteiger partial charge in [-0.15, -0.1) is 0 Å². The Balaban J connectivity index is 1.07. The minimum Gasteiger partial charge on any atom is -0.453 e. The van der Waals surface area contributed by atoms with Crippen molar-refractivity contribution in [1.82, 2.24) is 40.4 Å². The number of aromatic amines is 2. The smallest absolute Gasteiger partial charge is 0.407 e. The van der Waals surface area contributed by atoms with E-state index < -0.39 is 24.3 Å². The number of carbonyl (C=O) groups excluding carboxylic acids is 4. The van der Waals surface area contributed by atoms with E-state index in [1.807, 2.05) is 49.9 Å². The molecule has 12 rings (SSSR count). The van der Waals surface area contributed by atoms with Crippen molar-refractivity contribution in [2.45, 2.75) is 154 Å². The summed E-state index contributed by atoms with van der Waals surface area (Å²) >= 11 is 0. The zero-order valence-electron chi connectivity index (χ0n) is 39.5. The van der Waals surface area contributed by atoms with Gasteiger partial charge < -0.3 is 39.9 Å². The molecule has 4 heterocycles. The van der Waals surface area contributed by atoms with E-state index in [0.29, 0.717) is 11.8 Å². The Hall–Kier alpha value is -5.66. The number of aryl methyl sites for hydroxylation is 4.